The van der Waals surface area contributed by atoms with E-state index >= 15 is 0 Å². The summed E-state index contributed by atoms with van der Waals surface area (Å²) < 4.78 is 40.9. The van der Waals surface area contributed by atoms with E-state index in [1.165, 1.54) is 16.8 Å². The minimum absolute atomic E-state index is 0.165. The molecule has 0 spiro atoms. The fourth-order valence-corrected chi connectivity index (χ4v) is 4.25. The van der Waals surface area contributed by atoms with E-state index in [-0.39, 0.29) is 30.9 Å². The first-order valence-electron chi connectivity index (χ1n) is 10.6. The molecule has 0 aliphatic carbocycles. The average Bonchev–Trinajstić information content (AvgIpc) is 3.50. The Morgan fingerprint density at radius 3 is 2.68 bits per heavy atom. The summed E-state index contributed by atoms with van der Waals surface area (Å²) in [6, 6.07) is 14.9. The first-order chi connectivity index (χ1) is 16.3. The zero-order chi connectivity index (χ0) is 24.1. The number of benzene rings is 2. The molecule has 1 amide bonds. The smallest absolute Gasteiger partial charge is 0.397 e. The van der Waals surface area contributed by atoms with E-state index in [4.69, 9.17) is 5.73 Å². The van der Waals surface area contributed by atoms with Crippen molar-refractivity contribution in [3.8, 4) is 10.4 Å². The van der Waals surface area contributed by atoms with Gasteiger partial charge in [-0.2, -0.15) is 13.2 Å². The predicted molar refractivity (Wildman–Crippen MR) is 126 cm³/mol. The summed E-state index contributed by atoms with van der Waals surface area (Å²) in [7, 11) is 0. The van der Waals surface area contributed by atoms with Crippen molar-refractivity contribution in [2.45, 2.75) is 32.0 Å². The number of aryl methyl sites for hydroxylation is 3. The SMILES string of the molecule is Nc1ccc(-c2cccs2)cc1NC(=O)CCc1cn(CCc2ccccc2C(F)(F)F)nn1. The minimum Gasteiger partial charge on any atom is -0.397 e. The third-order valence-corrected chi connectivity index (χ3v) is 6.18. The molecule has 0 saturated heterocycles. The van der Waals surface area contributed by atoms with Crippen LogP contribution in [-0.2, 0) is 30.4 Å². The van der Waals surface area contributed by atoms with Gasteiger partial charge in [-0.25, -0.2) is 0 Å². The van der Waals surface area contributed by atoms with Crippen LogP contribution in [0.2, 0.25) is 0 Å². The molecule has 2 heterocycles. The maximum Gasteiger partial charge on any atom is 0.416 e. The third-order valence-electron chi connectivity index (χ3n) is 5.26. The lowest BCUT2D eigenvalue weighted by Gasteiger charge is -2.12. The fraction of sp³-hybridized carbons (Fsp3) is 0.208. The molecule has 6 nitrogen and oxygen atoms in total. The Balaban J connectivity index is 1.32. The number of anilines is 2. The highest BCUT2D eigenvalue weighted by Crippen LogP contribution is 2.32. The van der Waals surface area contributed by atoms with E-state index in [2.05, 4.69) is 15.6 Å². The quantitative estimate of drug-likeness (QED) is 0.326. The van der Waals surface area contributed by atoms with E-state index in [9.17, 15) is 18.0 Å². The second kappa shape index (κ2) is 10.1. The molecule has 4 aromatic rings. The Morgan fingerprint density at radius 2 is 1.91 bits per heavy atom. The van der Waals surface area contributed by atoms with Crippen LogP contribution in [0.1, 0.15) is 23.2 Å². The third kappa shape index (κ3) is 5.82. The number of rotatable bonds is 8. The predicted octanol–water partition coefficient (Wildman–Crippen LogP) is 5.42. The average molecular weight is 486 g/mol. The maximum atomic E-state index is 13.1. The van der Waals surface area contributed by atoms with Crippen LogP contribution in [0.25, 0.3) is 10.4 Å². The lowest BCUT2D eigenvalue weighted by Crippen LogP contribution is -2.13. The number of nitrogen functional groups attached to an aromatic ring is 1. The Bertz CT molecular complexity index is 1270. The molecule has 2 aromatic carbocycles. The van der Waals surface area contributed by atoms with Crippen LogP contribution >= 0.6 is 11.3 Å². The Labute approximate surface area is 198 Å². The number of halogens is 3. The van der Waals surface area contributed by atoms with Crippen molar-refractivity contribution in [1.82, 2.24) is 15.0 Å². The summed E-state index contributed by atoms with van der Waals surface area (Å²) in [5.41, 5.74) is 8.14. The van der Waals surface area contributed by atoms with Gasteiger partial charge in [0.1, 0.15) is 0 Å². The number of carbonyl (C=O) groups is 1. The highest BCUT2D eigenvalue weighted by Gasteiger charge is 2.32. The second-order valence-corrected chi connectivity index (χ2v) is 8.65. The molecule has 0 bridgehead atoms. The topological polar surface area (TPSA) is 85.8 Å². The number of hydrogen-bond donors (Lipinski definition) is 2. The normalized spacial score (nSPS) is 11.5. The monoisotopic (exact) mass is 485 g/mol. The first-order valence-corrected chi connectivity index (χ1v) is 11.4. The summed E-state index contributed by atoms with van der Waals surface area (Å²) in [5.74, 6) is -0.219. The summed E-state index contributed by atoms with van der Waals surface area (Å²) in [5, 5.41) is 12.8. The zero-order valence-electron chi connectivity index (χ0n) is 18.0. The molecule has 0 aliphatic rings. The number of aromatic nitrogens is 3. The standard InChI is InChI=1S/C24H22F3N5OS/c25-24(26,27)19-5-2-1-4-16(19)11-12-32-15-18(30-31-32)8-10-23(33)29-21-14-17(7-9-20(21)28)22-6-3-13-34-22/h1-7,9,13-15H,8,10-12,28H2,(H,29,33). The molecule has 3 N–H and O–H groups in total. The molecule has 10 heteroatoms. The maximum absolute atomic E-state index is 13.1. The molecule has 176 valence electrons. The van der Waals surface area contributed by atoms with Crippen molar-refractivity contribution < 1.29 is 18.0 Å². The molecule has 0 unspecified atom stereocenters. The summed E-state index contributed by atoms with van der Waals surface area (Å²) in [4.78, 5) is 13.5. The molecule has 0 aliphatic heterocycles. The second-order valence-electron chi connectivity index (χ2n) is 7.71. The van der Waals surface area contributed by atoms with Gasteiger partial charge in [0.05, 0.1) is 22.6 Å². The Kier molecular flexibility index (Phi) is 6.97. The molecule has 0 fully saturated rings. The van der Waals surface area contributed by atoms with Gasteiger partial charge in [-0.05, 0) is 47.2 Å². The number of carbonyl (C=O) groups excluding carboxylic acids is 1. The lowest BCUT2D eigenvalue weighted by molar-refractivity contribution is -0.138. The minimum atomic E-state index is -4.40. The van der Waals surface area contributed by atoms with Crippen LogP contribution in [0.3, 0.4) is 0 Å². The van der Waals surface area contributed by atoms with Gasteiger partial charge in [-0.1, -0.05) is 35.5 Å². The van der Waals surface area contributed by atoms with Gasteiger partial charge in [-0.3, -0.25) is 9.48 Å². The first kappa shape index (κ1) is 23.5. The molecule has 0 radical (unpaired) electrons. The number of nitrogens with zero attached hydrogens (tertiary/aromatic N) is 3. The zero-order valence-corrected chi connectivity index (χ0v) is 18.9. The van der Waals surface area contributed by atoms with E-state index in [0.717, 1.165) is 16.5 Å². The fourth-order valence-electron chi connectivity index (χ4n) is 3.53. The Morgan fingerprint density at radius 1 is 1.09 bits per heavy atom. The lowest BCUT2D eigenvalue weighted by atomic mass is 10.0. The molecule has 2 aromatic heterocycles. The van der Waals surface area contributed by atoms with Gasteiger partial charge in [0.15, 0.2) is 0 Å². The van der Waals surface area contributed by atoms with Crippen molar-refractivity contribution in [1.29, 1.82) is 0 Å². The number of nitrogens with two attached hydrogens (primary N) is 1. The summed E-state index contributed by atoms with van der Waals surface area (Å²) in [6.45, 7) is 0.248. The number of nitrogens with one attached hydrogen (secondary N) is 1. The molecule has 0 saturated carbocycles. The van der Waals surface area contributed by atoms with Crippen molar-refractivity contribution >= 4 is 28.6 Å². The van der Waals surface area contributed by atoms with Gasteiger partial charge in [-0.15, -0.1) is 16.4 Å². The largest absolute Gasteiger partial charge is 0.416 e. The molecular formula is C24H22F3N5OS. The molecule has 4 rings (SSSR count). The van der Waals surface area contributed by atoms with E-state index in [1.54, 1.807) is 29.7 Å². The number of amides is 1. The van der Waals surface area contributed by atoms with Crippen molar-refractivity contribution in [3.63, 3.8) is 0 Å². The van der Waals surface area contributed by atoms with E-state index in [1.807, 2.05) is 29.6 Å². The Hall–Kier alpha value is -3.66. The molecular weight excluding hydrogens is 463 g/mol. The summed E-state index contributed by atoms with van der Waals surface area (Å²) in [6.07, 6.45) is -2.08. The van der Waals surface area contributed by atoms with Crippen LogP contribution in [0, 0.1) is 0 Å². The van der Waals surface area contributed by atoms with Crippen molar-refractivity contribution in [2.24, 2.45) is 0 Å². The summed E-state index contributed by atoms with van der Waals surface area (Å²) >= 11 is 1.60. The number of hydrogen-bond acceptors (Lipinski definition) is 5. The van der Waals surface area contributed by atoms with Crippen LogP contribution in [0.15, 0.2) is 66.2 Å². The van der Waals surface area contributed by atoms with Crippen molar-refractivity contribution in [2.75, 3.05) is 11.1 Å². The van der Waals surface area contributed by atoms with Gasteiger partial charge in [0, 0.05) is 30.5 Å². The van der Waals surface area contributed by atoms with Gasteiger partial charge in [0.2, 0.25) is 5.91 Å². The van der Waals surface area contributed by atoms with Gasteiger partial charge in [0.25, 0.3) is 0 Å². The van der Waals surface area contributed by atoms with Crippen LogP contribution < -0.4 is 11.1 Å². The van der Waals surface area contributed by atoms with Gasteiger partial charge < -0.3 is 11.1 Å². The highest BCUT2D eigenvalue weighted by molar-refractivity contribution is 7.13. The highest BCUT2D eigenvalue weighted by atomic mass is 32.1. The van der Waals surface area contributed by atoms with Crippen LogP contribution in [0.4, 0.5) is 24.5 Å². The molecule has 34 heavy (non-hydrogen) atoms. The molecule has 0 atom stereocenters. The number of alkyl halides is 3. The number of thiophene rings is 1. The van der Waals surface area contributed by atoms with E-state index in [0.29, 0.717) is 23.5 Å². The van der Waals surface area contributed by atoms with Crippen LogP contribution in [0.5, 0.6) is 0 Å². The van der Waals surface area contributed by atoms with Crippen molar-refractivity contribution in [3.05, 3.63) is 83.0 Å². The van der Waals surface area contributed by atoms with E-state index < -0.39 is 11.7 Å². The van der Waals surface area contributed by atoms with Gasteiger partial charge >= 0.3 is 6.18 Å². The van der Waals surface area contributed by atoms with Crippen LogP contribution in [-0.4, -0.2) is 20.9 Å².